The van der Waals surface area contributed by atoms with Crippen molar-refractivity contribution in [3.63, 3.8) is 0 Å². The molecule has 5 N–H and O–H groups in total. The molecule has 0 fully saturated rings. The van der Waals surface area contributed by atoms with E-state index in [2.05, 4.69) is 31.3 Å². The SMILES string of the molecule is CCCCCCCC/C=C\CCCCC(O)C(=O)NC(CO)C(O)C(O)CCCCCCCC. The van der Waals surface area contributed by atoms with Crippen LogP contribution in [-0.2, 0) is 4.79 Å². The molecule has 4 atom stereocenters. The van der Waals surface area contributed by atoms with Gasteiger partial charge in [0.05, 0.1) is 18.8 Å². The maximum absolute atomic E-state index is 12.3. The Bertz CT molecular complexity index is 485. The minimum absolute atomic E-state index is 0.339. The third kappa shape index (κ3) is 18.4. The van der Waals surface area contributed by atoms with Crippen LogP contribution in [0, 0.1) is 0 Å². The van der Waals surface area contributed by atoms with E-state index in [0.717, 1.165) is 44.9 Å². The Morgan fingerprint density at radius 2 is 1.18 bits per heavy atom. The van der Waals surface area contributed by atoms with E-state index in [1.165, 1.54) is 57.8 Å². The van der Waals surface area contributed by atoms with Crippen LogP contribution >= 0.6 is 0 Å². The lowest BCUT2D eigenvalue weighted by Crippen LogP contribution is -2.53. The van der Waals surface area contributed by atoms with E-state index in [4.69, 9.17) is 0 Å². The standard InChI is InChI=1S/C28H55NO5/c1-3-5-7-9-11-12-13-14-15-16-18-20-22-26(32)28(34)29-24(23-30)27(33)25(31)21-19-17-10-8-6-4-2/h14-15,24-27,30-33H,3-13,16-23H2,1-2H3,(H,29,34)/b15-14-. The molecule has 0 aromatic rings. The molecule has 0 saturated heterocycles. The van der Waals surface area contributed by atoms with Crippen LogP contribution in [0.15, 0.2) is 12.2 Å². The van der Waals surface area contributed by atoms with Gasteiger partial charge in [-0.15, -0.1) is 0 Å². The summed E-state index contributed by atoms with van der Waals surface area (Å²) in [5.74, 6) is -0.608. The third-order valence-electron chi connectivity index (χ3n) is 6.48. The second-order valence-corrected chi connectivity index (χ2v) is 9.74. The first-order valence-corrected chi connectivity index (χ1v) is 14.1. The normalized spacial score (nSPS) is 15.4. The van der Waals surface area contributed by atoms with Gasteiger partial charge in [-0.2, -0.15) is 0 Å². The van der Waals surface area contributed by atoms with Crippen molar-refractivity contribution in [1.82, 2.24) is 5.32 Å². The molecule has 0 aliphatic heterocycles. The van der Waals surface area contributed by atoms with Crippen LogP contribution in [0.1, 0.15) is 129 Å². The van der Waals surface area contributed by atoms with Crippen LogP contribution < -0.4 is 5.32 Å². The highest BCUT2D eigenvalue weighted by molar-refractivity contribution is 5.80. The average Bonchev–Trinajstić information content (AvgIpc) is 2.84. The molecule has 0 aromatic heterocycles. The predicted molar refractivity (Wildman–Crippen MR) is 141 cm³/mol. The summed E-state index contributed by atoms with van der Waals surface area (Å²) in [6.07, 6.45) is 19.7. The van der Waals surface area contributed by atoms with Crippen molar-refractivity contribution < 1.29 is 25.2 Å². The van der Waals surface area contributed by atoms with Crippen molar-refractivity contribution in [2.24, 2.45) is 0 Å². The van der Waals surface area contributed by atoms with Crippen molar-refractivity contribution in [1.29, 1.82) is 0 Å². The quantitative estimate of drug-likeness (QED) is 0.0957. The van der Waals surface area contributed by atoms with Crippen molar-refractivity contribution in [3.8, 4) is 0 Å². The lowest BCUT2D eigenvalue weighted by molar-refractivity contribution is -0.132. The van der Waals surface area contributed by atoms with Crippen LogP contribution in [0.5, 0.6) is 0 Å². The van der Waals surface area contributed by atoms with Crippen molar-refractivity contribution in [3.05, 3.63) is 12.2 Å². The summed E-state index contributed by atoms with van der Waals surface area (Å²) >= 11 is 0. The highest BCUT2D eigenvalue weighted by atomic mass is 16.3. The Kier molecular flexibility index (Phi) is 23.1. The lowest BCUT2D eigenvalue weighted by Gasteiger charge is -2.27. The lowest BCUT2D eigenvalue weighted by atomic mass is 9.99. The van der Waals surface area contributed by atoms with Gasteiger partial charge in [-0.1, -0.05) is 103 Å². The van der Waals surface area contributed by atoms with Crippen LogP contribution in [-0.4, -0.2) is 57.3 Å². The van der Waals surface area contributed by atoms with Gasteiger partial charge in [0.1, 0.15) is 12.2 Å². The molecular weight excluding hydrogens is 430 g/mol. The molecule has 34 heavy (non-hydrogen) atoms. The smallest absolute Gasteiger partial charge is 0.249 e. The fraction of sp³-hybridized carbons (Fsp3) is 0.893. The van der Waals surface area contributed by atoms with E-state index < -0.39 is 36.9 Å². The van der Waals surface area contributed by atoms with Crippen LogP contribution in [0.4, 0.5) is 0 Å². The number of carbonyl (C=O) groups is 1. The number of unbranched alkanes of at least 4 members (excludes halogenated alkanes) is 13. The van der Waals surface area contributed by atoms with E-state index in [1.807, 2.05) is 0 Å². The van der Waals surface area contributed by atoms with Gasteiger partial charge in [0.15, 0.2) is 0 Å². The molecule has 6 nitrogen and oxygen atoms in total. The summed E-state index contributed by atoms with van der Waals surface area (Å²) in [7, 11) is 0. The monoisotopic (exact) mass is 485 g/mol. The second kappa shape index (κ2) is 23.8. The van der Waals surface area contributed by atoms with Crippen molar-refractivity contribution in [2.45, 2.75) is 154 Å². The number of allylic oxidation sites excluding steroid dienone is 2. The summed E-state index contributed by atoms with van der Waals surface area (Å²) in [4.78, 5) is 12.3. The Balaban J connectivity index is 3.97. The predicted octanol–water partition coefficient (Wildman–Crippen LogP) is 5.16. The van der Waals surface area contributed by atoms with Gasteiger partial charge in [-0.3, -0.25) is 4.79 Å². The van der Waals surface area contributed by atoms with E-state index >= 15 is 0 Å². The van der Waals surface area contributed by atoms with Gasteiger partial charge in [0.25, 0.3) is 0 Å². The molecule has 0 rings (SSSR count). The van der Waals surface area contributed by atoms with Crippen molar-refractivity contribution >= 4 is 5.91 Å². The first kappa shape index (κ1) is 33.0. The molecular formula is C28H55NO5. The first-order chi connectivity index (χ1) is 16.5. The number of amides is 1. The zero-order chi connectivity index (χ0) is 25.4. The molecule has 0 aliphatic carbocycles. The minimum Gasteiger partial charge on any atom is -0.394 e. The topological polar surface area (TPSA) is 110 Å². The number of hydrogen-bond acceptors (Lipinski definition) is 5. The zero-order valence-electron chi connectivity index (χ0n) is 22.1. The molecule has 0 bridgehead atoms. The molecule has 0 spiro atoms. The van der Waals surface area contributed by atoms with E-state index in [0.29, 0.717) is 12.8 Å². The highest BCUT2D eigenvalue weighted by Crippen LogP contribution is 2.13. The number of carbonyl (C=O) groups excluding carboxylic acids is 1. The van der Waals surface area contributed by atoms with Crippen LogP contribution in [0.25, 0.3) is 0 Å². The molecule has 0 saturated carbocycles. The summed E-state index contributed by atoms with van der Waals surface area (Å²) in [5.41, 5.74) is 0. The van der Waals surface area contributed by atoms with Crippen LogP contribution in [0.3, 0.4) is 0 Å². The summed E-state index contributed by atoms with van der Waals surface area (Å²) < 4.78 is 0. The molecule has 0 radical (unpaired) electrons. The van der Waals surface area contributed by atoms with E-state index in [9.17, 15) is 25.2 Å². The maximum atomic E-state index is 12.3. The number of nitrogens with one attached hydrogen (secondary N) is 1. The van der Waals surface area contributed by atoms with Gasteiger partial charge < -0.3 is 25.7 Å². The molecule has 4 unspecified atom stereocenters. The number of aliphatic hydroxyl groups is 4. The largest absolute Gasteiger partial charge is 0.394 e. The average molecular weight is 486 g/mol. The van der Waals surface area contributed by atoms with Crippen LogP contribution in [0.2, 0.25) is 0 Å². The molecule has 0 heterocycles. The Labute approximate surface area is 209 Å². The Morgan fingerprint density at radius 1 is 0.706 bits per heavy atom. The minimum atomic E-state index is -1.26. The zero-order valence-corrected chi connectivity index (χ0v) is 22.1. The molecule has 202 valence electrons. The molecule has 0 aromatic carbocycles. The summed E-state index contributed by atoms with van der Waals surface area (Å²) in [5, 5.41) is 42.7. The molecule has 6 heteroatoms. The summed E-state index contributed by atoms with van der Waals surface area (Å²) in [6.45, 7) is 3.90. The number of aliphatic hydroxyl groups excluding tert-OH is 4. The van der Waals surface area contributed by atoms with E-state index in [1.54, 1.807) is 0 Å². The fourth-order valence-electron chi connectivity index (χ4n) is 4.10. The van der Waals surface area contributed by atoms with Gasteiger partial charge in [0.2, 0.25) is 5.91 Å². The highest BCUT2D eigenvalue weighted by Gasteiger charge is 2.28. The fourth-order valence-corrected chi connectivity index (χ4v) is 4.10. The number of hydrogen-bond donors (Lipinski definition) is 5. The first-order valence-electron chi connectivity index (χ1n) is 14.1. The van der Waals surface area contributed by atoms with Gasteiger partial charge >= 0.3 is 0 Å². The number of rotatable bonds is 24. The molecule has 1 amide bonds. The third-order valence-corrected chi connectivity index (χ3v) is 6.48. The van der Waals surface area contributed by atoms with Gasteiger partial charge in [-0.05, 0) is 38.5 Å². The summed E-state index contributed by atoms with van der Waals surface area (Å²) in [6, 6.07) is -0.984. The van der Waals surface area contributed by atoms with E-state index in [-0.39, 0.29) is 0 Å². The van der Waals surface area contributed by atoms with Gasteiger partial charge in [-0.25, -0.2) is 0 Å². The Morgan fingerprint density at radius 3 is 1.74 bits per heavy atom. The maximum Gasteiger partial charge on any atom is 0.249 e. The molecule has 0 aliphatic rings. The second-order valence-electron chi connectivity index (χ2n) is 9.74. The Hall–Kier alpha value is -0.950. The van der Waals surface area contributed by atoms with Gasteiger partial charge in [0, 0.05) is 0 Å². The van der Waals surface area contributed by atoms with Crippen molar-refractivity contribution in [2.75, 3.05) is 6.61 Å².